The molecule has 0 fully saturated rings. The Hall–Kier alpha value is -2.97. The van der Waals surface area contributed by atoms with Crippen molar-refractivity contribution in [3.63, 3.8) is 0 Å². The molecule has 0 saturated heterocycles. The Balaban J connectivity index is 2.09. The van der Waals surface area contributed by atoms with E-state index in [1.54, 1.807) is 24.3 Å². The fourth-order valence-electron chi connectivity index (χ4n) is 1.45. The van der Waals surface area contributed by atoms with Gasteiger partial charge in [0.1, 0.15) is 0 Å². The van der Waals surface area contributed by atoms with Gasteiger partial charge in [-0.1, -0.05) is 30.0 Å². The maximum Gasteiger partial charge on any atom is 0.248 e. The molecule has 0 atom stereocenters. The number of rotatable bonds is 1. The van der Waals surface area contributed by atoms with Crippen LogP contribution in [0.3, 0.4) is 0 Å². The second-order valence-electron chi connectivity index (χ2n) is 3.81. The predicted molar refractivity (Wildman–Crippen MR) is 75.2 cm³/mol. The van der Waals surface area contributed by atoms with E-state index in [0.717, 1.165) is 11.1 Å². The molecule has 2 aromatic carbocycles. The Morgan fingerprint density at radius 2 is 1.32 bits per heavy atom. The van der Waals surface area contributed by atoms with Crippen molar-refractivity contribution in [3.8, 4) is 23.7 Å². The van der Waals surface area contributed by atoms with E-state index >= 15 is 0 Å². The van der Waals surface area contributed by atoms with Gasteiger partial charge in [0.15, 0.2) is 0 Å². The summed E-state index contributed by atoms with van der Waals surface area (Å²) >= 11 is 0. The van der Waals surface area contributed by atoms with E-state index in [0.29, 0.717) is 5.56 Å². The molecule has 19 heavy (non-hydrogen) atoms. The van der Waals surface area contributed by atoms with Gasteiger partial charge in [0, 0.05) is 16.7 Å². The number of benzene rings is 2. The van der Waals surface area contributed by atoms with Crippen LogP contribution in [-0.4, -0.2) is 5.91 Å². The molecule has 0 aliphatic rings. The standard InChI is InChI=1S/C17H11NO/c18-17(19)16-12-10-15(11-13-16)9-5-4-8-14-6-2-1-3-7-14/h1-3,6-7,10-13H,(H2,18,19). The third kappa shape index (κ3) is 3.77. The van der Waals surface area contributed by atoms with Crippen LogP contribution in [0.25, 0.3) is 0 Å². The van der Waals surface area contributed by atoms with E-state index in [1.807, 2.05) is 30.3 Å². The quantitative estimate of drug-likeness (QED) is 0.769. The van der Waals surface area contributed by atoms with Crippen molar-refractivity contribution in [2.45, 2.75) is 0 Å². The molecule has 0 saturated carbocycles. The fourth-order valence-corrected chi connectivity index (χ4v) is 1.45. The third-order valence-electron chi connectivity index (χ3n) is 2.42. The van der Waals surface area contributed by atoms with Gasteiger partial charge in [-0.3, -0.25) is 4.79 Å². The van der Waals surface area contributed by atoms with E-state index in [1.165, 1.54) is 0 Å². The van der Waals surface area contributed by atoms with Crippen molar-refractivity contribution >= 4 is 5.91 Å². The molecule has 0 unspecified atom stereocenters. The van der Waals surface area contributed by atoms with Crippen LogP contribution in [0.1, 0.15) is 21.5 Å². The van der Waals surface area contributed by atoms with Crippen LogP contribution in [0.4, 0.5) is 0 Å². The first-order valence-electron chi connectivity index (χ1n) is 5.72. The lowest BCUT2D eigenvalue weighted by atomic mass is 10.1. The van der Waals surface area contributed by atoms with Crippen LogP contribution in [0.15, 0.2) is 54.6 Å². The third-order valence-corrected chi connectivity index (χ3v) is 2.42. The Morgan fingerprint density at radius 1 is 0.789 bits per heavy atom. The summed E-state index contributed by atoms with van der Waals surface area (Å²) in [4.78, 5) is 10.9. The zero-order valence-electron chi connectivity index (χ0n) is 10.2. The summed E-state index contributed by atoms with van der Waals surface area (Å²) in [7, 11) is 0. The zero-order valence-corrected chi connectivity index (χ0v) is 10.2. The summed E-state index contributed by atoms with van der Waals surface area (Å²) in [6.45, 7) is 0. The first kappa shape index (κ1) is 12.5. The van der Waals surface area contributed by atoms with E-state index < -0.39 is 5.91 Å². The summed E-state index contributed by atoms with van der Waals surface area (Å²) in [6.07, 6.45) is 0. The van der Waals surface area contributed by atoms with Crippen LogP contribution >= 0.6 is 0 Å². The Bertz CT molecular complexity index is 692. The van der Waals surface area contributed by atoms with Crippen molar-refractivity contribution in [2.24, 2.45) is 5.73 Å². The van der Waals surface area contributed by atoms with E-state index in [9.17, 15) is 4.79 Å². The van der Waals surface area contributed by atoms with Crippen LogP contribution in [0, 0.1) is 23.7 Å². The summed E-state index contributed by atoms with van der Waals surface area (Å²) in [5.74, 6) is 11.0. The van der Waals surface area contributed by atoms with Gasteiger partial charge < -0.3 is 5.73 Å². The van der Waals surface area contributed by atoms with Crippen LogP contribution in [0.2, 0.25) is 0 Å². The number of hydrogen-bond acceptors (Lipinski definition) is 1. The molecule has 0 aliphatic heterocycles. The molecule has 0 aliphatic carbocycles. The minimum Gasteiger partial charge on any atom is -0.366 e. The van der Waals surface area contributed by atoms with Gasteiger partial charge in [0.2, 0.25) is 5.91 Å². The lowest BCUT2D eigenvalue weighted by Gasteiger charge is -1.93. The topological polar surface area (TPSA) is 43.1 Å². The fraction of sp³-hybridized carbons (Fsp3) is 0. The van der Waals surface area contributed by atoms with Gasteiger partial charge in [-0.05, 0) is 48.2 Å². The van der Waals surface area contributed by atoms with Crippen LogP contribution in [0.5, 0.6) is 0 Å². The number of nitrogens with two attached hydrogens (primary N) is 1. The highest BCUT2D eigenvalue weighted by Crippen LogP contribution is 2.02. The average molecular weight is 245 g/mol. The Kier molecular flexibility index (Phi) is 4.01. The molecule has 0 bridgehead atoms. The summed E-state index contributed by atoms with van der Waals surface area (Å²) in [6, 6.07) is 16.5. The monoisotopic (exact) mass is 245 g/mol. The number of amides is 1. The van der Waals surface area contributed by atoms with Crippen molar-refractivity contribution in [2.75, 3.05) is 0 Å². The summed E-state index contributed by atoms with van der Waals surface area (Å²) < 4.78 is 0. The Morgan fingerprint density at radius 3 is 1.84 bits per heavy atom. The van der Waals surface area contributed by atoms with E-state index in [2.05, 4.69) is 23.7 Å². The number of carbonyl (C=O) groups is 1. The molecule has 2 N–H and O–H groups in total. The molecule has 2 aromatic rings. The second-order valence-corrected chi connectivity index (χ2v) is 3.81. The Labute approximate surface area is 112 Å². The van der Waals surface area contributed by atoms with Crippen LogP contribution < -0.4 is 5.73 Å². The van der Waals surface area contributed by atoms with Crippen molar-refractivity contribution in [3.05, 3.63) is 71.3 Å². The number of primary amides is 1. The molecule has 1 amide bonds. The predicted octanol–water partition coefficient (Wildman–Crippen LogP) is 2.19. The smallest absolute Gasteiger partial charge is 0.248 e. The molecule has 0 aromatic heterocycles. The molecule has 90 valence electrons. The minimum atomic E-state index is -0.441. The largest absolute Gasteiger partial charge is 0.366 e. The van der Waals surface area contributed by atoms with Gasteiger partial charge in [-0.2, -0.15) is 0 Å². The molecule has 2 nitrogen and oxygen atoms in total. The molecular formula is C17H11NO. The molecule has 0 radical (unpaired) electrons. The zero-order chi connectivity index (χ0) is 13.5. The van der Waals surface area contributed by atoms with E-state index in [4.69, 9.17) is 5.73 Å². The van der Waals surface area contributed by atoms with Gasteiger partial charge >= 0.3 is 0 Å². The highest BCUT2D eigenvalue weighted by Gasteiger charge is 1.97. The number of carbonyl (C=O) groups excluding carboxylic acids is 1. The van der Waals surface area contributed by atoms with Crippen LogP contribution in [-0.2, 0) is 0 Å². The maximum atomic E-state index is 10.9. The highest BCUT2D eigenvalue weighted by atomic mass is 16.1. The molecule has 2 rings (SSSR count). The summed E-state index contributed by atoms with van der Waals surface area (Å²) in [5, 5.41) is 0. The van der Waals surface area contributed by atoms with Crippen molar-refractivity contribution in [1.29, 1.82) is 0 Å². The van der Waals surface area contributed by atoms with E-state index in [-0.39, 0.29) is 0 Å². The molecular weight excluding hydrogens is 234 g/mol. The normalized spacial score (nSPS) is 8.63. The lowest BCUT2D eigenvalue weighted by Crippen LogP contribution is -2.10. The molecule has 0 heterocycles. The molecule has 0 spiro atoms. The highest BCUT2D eigenvalue weighted by molar-refractivity contribution is 5.92. The summed E-state index contributed by atoms with van der Waals surface area (Å²) in [5.41, 5.74) is 7.36. The molecule has 2 heteroatoms. The lowest BCUT2D eigenvalue weighted by molar-refractivity contribution is 0.100. The van der Waals surface area contributed by atoms with Gasteiger partial charge in [-0.15, -0.1) is 0 Å². The van der Waals surface area contributed by atoms with Crippen molar-refractivity contribution < 1.29 is 4.79 Å². The maximum absolute atomic E-state index is 10.9. The SMILES string of the molecule is NC(=O)c1ccc(C#CC#Cc2ccccc2)cc1. The van der Waals surface area contributed by atoms with Gasteiger partial charge in [-0.25, -0.2) is 0 Å². The second kappa shape index (κ2) is 6.10. The van der Waals surface area contributed by atoms with Gasteiger partial charge in [0.25, 0.3) is 0 Å². The van der Waals surface area contributed by atoms with Gasteiger partial charge in [0.05, 0.1) is 0 Å². The first-order valence-corrected chi connectivity index (χ1v) is 5.72. The minimum absolute atomic E-state index is 0.441. The average Bonchev–Trinajstić information content (AvgIpc) is 2.45. The van der Waals surface area contributed by atoms with Crippen molar-refractivity contribution in [1.82, 2.24) is 0 Å². The number of hydrogen-bond donors (Lipinski definition) is 1. The first-order chi connectivity index (χ1) is 9.25.